The molecule has 1 saturated carbocycles. The van der Waals surface area contributed by atoms with Crippen LogP contribution in [0.3, 0.4) is 0 Å². The van der Waals surface area contributed by atoms with Crippen LogP contribution in [0.1, 0.15) is 38.2 Å². The minimum absolute atomic E-state index is 0.00364. The Bertz CT molecular complexity index is 1480. The number of amides is 2. The normalized spacial score (nSPS) is 14.3. The maximum Gasteiger partial charge on any atom is 0.264 e. The standard InChI is InChI=1S/C30H33Cl2N3O5S/c1-21(30(37)33-24-11-7-8-12-24)34(19-22-10-6-9-15-26(22)32)29(36)20-35(27-18-23(31)16-17-28(27)40-2)41(38,39)25-13-4-3-5-14-25/h3-6,9-10,13-18,21,24H,7-8,11-12,19-20H2,1-2H3,(H,33,37)/t21-/m0/s1. The van der Waals surface area contributed by atoms with Gasteiger partial charge in [-0.3, -0.25) is 13.9 Å². The Morgan fingerprint density at radius 3 is 2.32 bits per heavy atom. The zero-order valence-corrected chi connectivity index (χ0v) is 25.3. The molecule has 0 saturated heterocycles. The Kier molecular flexibility index (Phi) is 10.2. The molecule has 3 aromatic carbocycles. The van der Waals surface area contributed by atoms with E-state index in [0.717, 1.165) is 30.0 Å². The molecule has 11 heteroatoms. The first-order valence-electron chi connectivity index (χ1n) is 13.4. The van der Waals surface area contributed by atoms with Gasteiger partial charge in [-0.15, -0.1) is 0 Å². The van der Waals surface area contributed by atoms with Crippen LogP contribution in [0.4, 0.5) is 5.69 Å². The molecule has 0 radical (unpaired) electrons. The molecule has 0 bridgehead atoms. The lowest BCUT2D eigenvalue weighted by molar-refractivity contribution is -0.139. The monoisotopic (exact) mass is 617 g/mol. The Morgan fingerprint density at radius 1 is 1.00 bits per heavy atom. The van der Waals surface area contributed by atoms with Crippen LogP contribution < -0.4 is 14.4 Å². The second-order valence-electron chi connectivity index (χ2n) is 9.92. The Balaban J connectivity index is 1.74. The first-order chi connectivity index (χ1) is 19.6. The summed E-state index contributed by atoms with van der Waals surface area (Å²) in [5.41, 5.74) is 0.721. The Hall–Kier alpha value is -3.27. The van der Waals surface area contributed by atoms with Gasteiger partial charge in [0, 0.05) is 22.6 Å². The van der Waals surface area contributed by atoms with Gasteiger partial charge in [0.15, 0.2) is 0 Å². The lowest BCUT2D eigenvalue weighted by atomic mass is 10.1. The summed E-state index contributed by atoms with van der Waals surface area (Å²) in [5.74, 6) is -0.693. The number of sulfonamides is 1. The topological polar surface area (TPSA) is 96.0 Å². The summed E-state index contributed by atoms with van der Waals surface area (Å²) >= 11 is 12.7. The van der Waals surface area contributed by atoms with Crippen molar-refractivity contribution in [2.24, 2.45) is 0 Å². The third-order valence-corrected chi connectivity index (χ3v) is 9.56. The van der Waals surface area contributed by atoms with Gasteiger partial charge in [-0.05, 0) is 61.7 Å². The van der Waals surface area contributed by atoms with Crippen molar-refractivity contribution < 1.29 is 22.7 Å². The van der Waals surface area contributed by atoms with Crippen molar-refractivity contribution >= 4 is 50.7 Å². The lowest BCUT2D eigenvalue weighted by Crippen LogP contribution is -2.52. The quantitative estimate of drug-likeness (QED) is 0.299. The van der Waals surface area contributed by atoms with Gasteiger partial charge >= 0.3 is 0 Å². The van der Waals surface area contributed by atoms with E-state index < -0.39 is 28.5 Å². The third-order valence-electron chi connectivity index (χ3n) is 7.19. The van der Waals surface area contributed by atoms with E-state index in [1.54, 1.807) is 55.5 Å². The van der Waals surface area contributed by atoms with Gasteiger partial charge in [-0.2, -0.15) is 0 Å². The van der Waals surface area contributed by atoms with E-state index in [-0.39, 0.29) is 39.8 Å². The highest BCUT2D eigenvalue weighted by Crippen LogP contribution is 2.35. The molecule has 0 aromatic heterocycles. The van der Waals surface area contributed by atoms with Crippen molar-refractivity contribution in [3.8, 4) is 5.75 Å². The fourth-order valence-corrected chi connectivity index (χ4v) is 6.68. The largest absolute Gasteiger partial charge is 0.495 e. The number of hydrogen-bond donors (Lipinski definition) is 1. The number of halogens is 2. The number of nitrogens with one attached hydrogen (secondary N) is 1. The van der Waals surface area contributed by atoms with Gasteiger partial charge in [0.1, 0.15) is 18.3 Å². The minimum Gasteiger partial charge on any atom is -0.495 e. The molecular weight excluding hydrogens is 585 g/mol. The molecule has 1 fully saturated rings. The molecule has 1 aliphatic carbocycles. The molecule has 2 amide bonds. The van der Waals surface area contributed by atoms with Crippen LogP contribution in [-0.2, 0) is 26.2 Å². The molecule has 1 N–H and O–H groups in total. The summed E-state index contributed by atoms with van der Waals surface area (Å²) in [6.07, 6.45) is 3.84. The average Bonchev–Trinajstić information content (AvgIpc) is 3.48. The zero-order valence-electron chi connectivity index (χ0n) is 22.9. The molecule has 0 aliphatic heterocycles. The van der Waals surface area contributed by atoms with Crippen LogP contribution in [0.5, 0.6) is 5.75 Å². The van der Waals surface area contributed by atoms with E-state index in [4.69, 9.17) is 27.9 Å². The maximum atomic E-state index is 14.1. The van der Waals surface area contributed by atoms with Gasteiger partial charge in [-0.25, -0.2) is 8.42 Å². The first-order valence-corrected chi connectivity index (χ1v) is 15.6. The smallest absolute Gasteiger partial charge is 0.264 e. The van der Waals surface area contributed by atoms with Crippen molar-refractivity contribution in [1.82, 2.24) is 10.2 Å². The average molecular weight is 619 g/mol. The zero-order chi connectivity index (χ0) is 29.6. The van der Waals surface area contributed by atoms with Crippen molar-refractivity contribution in [2.75, 3.05) is 18.0 Å². The number of carbonyl (C=O) groups excluding carboxylic acids is 2. The van der Waals surface area contributed by atoms with Gasteiger partial charge in [-0.1, -0.05) is 72.4 Å². The molecular formula is C30H33Cl2N3O5S. The highest BCUT2D eigenvalue weighted by Gasteiger charge is 2.34. The number of nitrogens with zero attached hydrogens (tertiary/aromatic N) is 2. The van der Waals surface area contributed by atoms with E-state index in [0.29, 0.717) is 10.6 Å². The van der Waals surface area contributed by atoms with Gasteiger partial charge in [0.05, 0.1) is 17.7 Å². The third kappa shape index (κ3) is 7.33. The van der Waals surface area contributed by atoms with Crippen LogP contribution in [0.15, 0.2) is 77.7 Å². The molecule has 3 aromatic rings. The summed E-state index contributed by atoms with van der Waals surface area (Å²) in [7, 11) is -2.85. The number of benzene rings is 3. The molecule has 8 nitrogen and oxygen atoms in total. The van der Waals surface area contributed by atoms with E-state index in [2.05, 4.69) is 5.32 Å². The van der Waals surface area contributed by atoms with Gasteiger partial charge < -0.3 is 15.0 Å². The summed E-state index contributed by atoms with van der Waals surface area (Å²) < 4.78 is 34.4. The van der Waals surface area contributed by atoms with Crippen LogP contribution in [0, 0.1) is 0 Å². The summed E-state index contributed by atoms with van der Waals surface area (Å²) in [6.45, 7) is 1.03. The SMILES string of the molecule is COc1ccc(Cl)cc1N(CC(=O)N(Cc1ccccc1Cl)[C@@H](C)C(=O)NC1CCCC1)S(=O)(=O)c1ccccc1. The second-order valence-corrected chi connectivity index (χ2v) is 12.6. The number of hydrogen-bond acceptors (Lipinski definition) is 5. The van der Waals surface area contributed by atoms with Crippen molar-refractivity contribution in [3.05, 3.63) is 88.4 Å². The first kappa shape index (κ1) is 30.7. The van der Waals surface area contributed by atoms with E-state index in [1.165, 1.54) is 36.3 Å². The Labute approximate surface area is 251 Å². The van der Waals surface area contributed by atoms with Crippen molar-refractivity contribution in [2.45, 2.75) is 56.1 Å². The van der Waals surface area contributed by atoms with Gasteiger partial charge in [0.2, 0.25) is 11.8 Å². The molecule has 1 atom stereocenters. The minimum atomic E-state index is -4.26. The van der Waals surface area contributed by atoms with Crippen molar-refractivity contribution in [3.63, 3.8) is 0 Å². The highest BCUT2D eigenvalue weighted by atomic mass is 35.5. The van der Waals surface area contributed by atoms with Crippen LogP contribution >= 0.6 is 23.2 Å². The van der Waals surface area contributed by atoms with Crippen molar-refractivity contribution in [1.29, 1.82) is 0 Å². The number of ether oxygens (including phenoxy) is 1. The molecule has 218 valence electrons. The predicted molar refractivity (Wildman–Crippen MR) is 161 cm³/mol. The van der Waals surface area contributed by atoms with Crippen LogP contribution in [0.2, 0.25) is 10.0 Å². The van der Waals surface area contributed by atoms with E-state index in [9.17, 15) is 18.0 Å². The molecule has 1 aliphatic rings. The molecule has 0 spiro atoms. The van der Waals surface area contributed by atoms with E-state index >= 15 is 0 Å². The second kappa shape index (κ2) is 13.6. The molecule has 4 rings (SSSR count). The predicted octanol–water partition coefficient (Wildman–Crippen LogP) is 5.67. The molecule has 0 heterocycles. The fourth-order valence-electron chi connectivity index (χ4n) is 4.88. The summed E-state index contributed by atoms with van der Waals surface area (Å²) in [5, 5.41) is 3.74. The number of carbonyl (C=O) groups is 2. The number of anilines is 1. The van der Waals surface area contributed by atoms with Gasteiger partial charge in [0.25, 0.3) is 10.0 Å². The van der Waals surface area contributed by atoms with Crippen LogP contribution in [0.25, 0.3) is 0 Å². The summed E-state index contributed by atoms with van der Waals surface area (Å²) in [4.78, 5) is 28.8. The van der Waals surface area contributed by atoms with E-state index in [1.807, 2.05) is 0 Å². The molecule has 0 unspecified atom stereocenters. The lowest BCUT2D eigenvalue weighted by Gasteiger charge is -2.33. The summed E-state index contributed by atoms with van der Waals surface area (Å²) in [6, 6.07) is 18.5. The highest BCUT2D eigenvalue weighted by molar-refractivity contribution is 7.92. The molecule has 41 heavy (non-hydrogen) atoms. The fraction of sp³-hybridized carbons (Fsp3) is 0.333. The Morgan fingerprint density at radius 2 is 1.66 bits per heavy atom. The maximum absolute atomic E-state index is 14.1. The van der Waals surface area contributed by atoms with Crippen LogP contribution in [-0.4, -0.2) is 50.9 Å². The number of rotatable bonds is 11. The number of methoxy groups -OCH3 is 1.